The Bertz CT molecular complexity index is 853. The summed E-state index contributed by atoms with van der Waals surface area (Å²) in [5.41, 5.74) is 10.2. The van der Waals surface area contributed by atoms with Crippen molar-refractivity contribution in [3.8, 4) is 0 Å². The van der Waals surface area contributed by atoms with Gasteiger partial charge < -0.3 is 26.5 Å². The van der Waals surface area contributed by atoms with E-state index in [1.54, 1.807) is 6.21 Å². The lowest BCUT2D eigenvalue weighted by molar-refractivity contribution is -0.207. The first-order valence-electron chi connectivity index (χ1n) is 13.7. The van der Waals surface area contributed by atoms with E-state index in [9.17, 15) is 10.2 Å². The fourth-order valence-corrected chi connectivity index (χ4v) is 8.33. The first-order chi connectivity index (χ1) is 16.7. The minimum Gasteiger partial charge on any atom is -0.396 e. The zero-order valence-corrected chi connectivity index (χ0v) is 21.6. The highest BCUT2D eigenvalue weighted by Crippen LogP contribution is 2.69. The highest BCUT2D eigenvalue weighted by molar-refractivity contribution is 5.75. The molecule has 4 saturated carbocycles. The van der Waals surface area contributed by atoms with Gasteiger partial charge in [0.2, 0.25) is 0 Å². The van der Waals surface area contributed by atoms with Crippen LogP contribution in [0.15, 0.2) is 34.5 Å². The molecule has 4 aliphatic carbocycles. The molecule has 4 aliphatic rings. The molecule has 0 bridgehead atoms. The predicted molar refractivity (Wildman–Crippen MR) is 141 cm³/mol. The molecule has 0 aromatic carbocycles. The first kappa shape index (κ1) is 26.2. The molecular formula is C28H46N4O3. The Balaban J connectivity index is 1.32. The molecule has 0 saturated heterocycles. The topological polar surface area (TPSA) is 126 Å². The molecule has 7 heteroatoms. The molecule has 0 aromatic rings. The Hall–Kier alpha value is -1.86. The van der Waals surface area contributed by atoms with Crippen molar-refractivity contribution in [1.82, 2.24) is 0 Å². The van der Waals surface area contributed by atoms with E-state index in [-0.39, 0.29) is 22.9 Å². The quantitative estimate of drug-likeness (QED) is 0.136. The van der Waals surface area contributed by atoms with Crippen LogP contribution in [0.2, 0.25) is 0 Å². The maximum Gasteiger partial charge on any atom is 0.185 e. The predicted octanol–water partition coefficient (Wildman–Crippen LogP) is 3.90. The Morgan fingerprint density at radius 2 is 1.83 bits per heavy atom. The lowest BCUT2D eigenvalue weighted by Gasteiger charge is -2.63. The highest BCUT2D eigenvalue weighted by atomic mass is 16.6. The average molecular weight is 487 g/mol. The van der Waals surface area contributed by atoms with E-state index < -0.39 is 5.60 Å². The summed E-state index contributed by atoms with van der Waals surface area (Å²) in [4.78, 5) is 9.09. The molecule has 6 N–H and O–H groups in total. The van der Waals surface area contributed by atoms with Crippen molar-refractivity contribution in [1.29, 1.82) is 0 Å². The third kappa shape index (κ3) is 5.04. The van der Waals surface area contributed by atoms with Gasteiger partial charge in [-0.2, -0.15) is 0 Å². The monoisotopic (exact) mass is 486 g/mol. The molecular weight excluding hydrogens is 440 g/mol. The molecule has 0 heterocycles. The normalized spacial score (nSPS) is 43.3. The second-order valence-electron chi connectivity index (χ2n) is 12.0. The fourth-order valence-electron chi connectivity index (χ4n) is 8.33. The van der Waals surface area contributed by atoms with Gasteiger partial charge in [-0.05, 0) is 93.0 Å². The van der Waals surface area contributed by atoms with Crippen LogP contribution in [0.5, 0.6) is 0 Å². The molecule has 4 rings (SSSR count). The molecule has 0 unspecified atom stereocenters. The van der Waals surface area contributed by atoms with Crippen LogP contribution in [0.25, 0.3) is 0 Å². The highest BCUT2D eigenvalue weighted by Gasteiger charge is 2.66. The first-order valence-corrected chi connectivity index (χ1v) is 13.7. The lowest BCUT2D eigenvalue weighted by Crippen LogP contribution is -2.62. The molecule has 4 fully saturated rings. The SMILES string of the molecule is C[C@]12CC[C@H](O)C[C@H]1CC[C@@H]1[C@@H]2CC[C@]2(C)[C@@H](/C=C/C=C/C=N/OCCCN=C(N)N)CC[C@]12O. The minimum atomic E-state index is -0.577. The second-order valence-corrected chi connectivity index (χ2v) is 12.0. The fraction of sp³-hybridized carbons (Fsp3) is 0.786. The van der Waals surface area contributed by atoms with Crippen molar-refractivity contribution in [2.45, 2.75) is 89.8 Å². The summed E-state index contributed by atoms with van der Waals surface area (Å²) in [6.07, 6.45) is 20.0. The van der Waals surface area contributed by atoms with Crippen molar-refractivity contribution in [3.63, 3.8) is 0 Å². The second kappa shape index (κ2) is 10.6. The van der Waals surface area contributed by atoms with Crippen LogP contribution < -0.4 is 11.5 Å². The number of guanidine groups is 1. The molecule has 0 aliphatic heterocycles. The maximum atomic E-state index is 12.2. The van der Waals surface area contributed by atoms with Gasteiger partial charge in [0, 0.05) is 18.4 Å². The number of aliphatic hydroxyl groups is 2. The molecule has 0 amide bonds. The van der Waals surface area contributed by atoms with Gasteiger partial charge in [0.05, 0.1) is 17.9 Å². The Labute approximate surface area is 210 Å². The number of nitrogens with two attached hydrogens (primary N) is 2. The number of nitrogens with zero attached hydrogens (tertiary/aromatic N) is 2. The van der Waals surface area contributed by atoms with Gasteiger partial charge in [-0.3, -0.25) is 4.99 Å². The number of fused-ring (bicyclic) bond motifs is 5. The average Bonchev–Trinajstić information content (AvgIpc) is 3.08. The standard InChI is InChI=1S/C28H46N4O3/c1-26-13-11-22(33)19-21(26)8-9-24-23(26)12-14-27(2)20(10-15-28(24,27)34)7-4-3-5-17-32-35-18-6-16-31-25(29)30/h3-5,7,17,20-24,33-34H,6,8-16,18-19H2,1-2H3,(H4,29,30,31)/b5-3+,7-4+,32-17+/t20-,21+,22-,23-,24+,26-,27+,28-/m0/s1. The summed E-state index contributed by atoms with van der Waals surface area (Å²) in [6, 6.07) is 0. The van der Waals surface area contributed by atoms with E-state index in [2.05, 4.69) is 36.1 Å². The number of hydrogen-bond donors (Lipinski definition) is 4. The van der Waals surface area contributed by atoms with Crippen LogP contribution in [0.1, 0.15) is 78.1 Å². The van der Waals surface area contributed by atoms with E-state index in [1.165, 1.54) is 6.42 Å². The Morgan fingerprint density at radius 3 is 2.63 bits per heavy atom. The van der Waals surface area contributed by atoms with E-state index in [1.807, 2.05) is 12.2 Å². The van der Waals surface area contributed by atoms with E-state index >= 15 is 0 Å². The van der Waals surface area contributed by atoms with Gasteiger partial charge >= 0.3 is 0 Å². The van der Waals surface area contributed by atoms with Crippen molar-refractivity contribution in [2.24, 2.45) is 56.1 Å². The van der Waals surface area contributed by atoms with Gasteiger partial charge in [0.25, 0.3) is 0 Å². The summed E-state index contributed by atoms with van der Waals surface area (Å²) < 4.78 is 0. The third-order valence-corrected chi connectivity index (χ3v) is 10.4. The van der Waals surface area contributed by atoms with Crippen LogP contribution >= 0.6 is 0 Å². The number of allylic oxidation sites excluding steroid dienone is 4. The van der Waals surface area contributed by atoms with Crippen molar-refractivity contribution in [3.05, 3.63) is 24.3 Å². The summed E-state index contributed by atoms with van der Waals surface area (Å²) in [7, 11) is 0. The van der Waals surface area contributed by atoms with Crippen LogP contribution in [0.3, 0.4) is 0 Å². The Kier molecular flexibility index (Phi) is 7.96. The Morgan fingerprint density at radius 1 is 1.00 bits per heavy atom. The molecule has 0 spiro atoms. The molecule has 0 aromatic heterocycles. The molecule has 196 valence electrons. The van der Waals surface area contributed by atoms with E-state index in [4.69, 9.17) is 16.3 Å². The zero-order valence-electron chi connectivity index (χ0n) is 21.6. The van der Waals surface area contributed by atoms with Crippen molar-refractivity contribution in [2.75, 3.05) is 13.2 Å². The maximum absolute atomic E-state index is 12.2. The summed E-state index contributed by atoms with van der Waals surface area (Å²) in [5, 5.41) is 26.4. The summed E-state index contributed by atoms with van der Waals surface area (Å²) in [6.45, 7) is 5.82. The number of rotatable bonds is 8. The molecule has 0 radical (unpaired) electrons. The molecule has 8 atom stereocenters. The van der Waals surface area contributed by atoms with Gasteiger partial charge in [-0.15, -0.1) is 0 Å². The largest absolute Gasteiger partial charge is 0.396 e. The van der Waals surface area contributed by atoms with E-state index in [0.717, 1.165) is 51.4 Å². The van der Waals surface area contributed by atoms with Gasteiger partial charge in [-0.25, -0.2) is 0 Å². The van der Waals surface area contributed by atoms with Crippen LogP contribution in [-0.4, -0.2) is 47.2 Å². The van der Waals surface area contributed by atoms with Gasteiger partial charge in [0.1, 0.15) is 6.61 Å². The van der Waals surface area contributed by atoms with E-state index in [0.29, 0.717) is 43.2 Å². The smallest absolute Gasteiger partial charge is 0.185 e. The van der Waals surface area contributed by atoms with Crippen LogP contribution in [0, 0.1) is 34.5 Å². The molecule has 35 heavy (non-hydrogen) atoms. The minimum absolute atomic E-state index is 0.0670. The summed E-state index contributed by atoms with van der Waals surface area (Å²) in [5.74, 6) is 2.08. The van der Waals surface area contributed by atoms with Crippen molar-refractivity contribution >= 4 is 12.2 Å². The number of aliphatic imine (C=N–C) groups is 1. The number of hydrogen-bond acceptors (Lipinski definition) is 5. The van der Waals surface area contributed by atoms with Crippen molar-refractivity contribution < 1.29 is 15.1 Å². The number of aliphatic hydroxyl groups excluding tert-OH is 1. The van der Waals surface area contributed by atoms with Crippen LogP contribution in [-0.2, 0) is 4.84 Å². The van der Waals surface area contributed by atoms with Crippen LogP contribution in [0.4, 0.5) is 0 Å². The summed E-state index contributed by atoms with van der Waals surface area (Å²) >= 11 is 0. The number of oxime groups is 1. The zero-order chi connectivity index (χ0) is 25.1. The molecule has 7 nitrogen and oxygen atoms in total. The lowest BCUT2D eigenvalue weighted by atomic mass is 9.43. The van der Waals surface area contributed by atoms with Gasteiger partial charge in [-0.1, -0.05) is 37.2 Å². The third-order valence-electron chi connectivity index (χ3n) is 10.4. The van der Waals surface area contributed by atoms with Gasteiger partial charge in [0.15, 0.2) is 5.96 Å².